The number of carbonyl (C=O) groups is 1. The minimum Gasteiger partial charge on any atom is -0.484 e. The fourth-order valence-electron chi connectivity index (χ4n) is 2.19. The molecule has 3 aromatic rings. The summed E-state index contributed by atoms with van der Waals surface area (Å²) in [5.41, 5.74) is 2.33. The number of nitrogens with one attached hydrogen (secondary N) is 1. The van der Waals surface area contributed by atoms with E-state index in [9.17, 15) is 9.18 Å². The summed E-state index contributed by atoms with van der Waals surface area (Å²) >= 11 is 0. The van der Waals surface area contributed by atoms with E-state index in [4.69, 9.17) is 4.74 Å². The van der Waals surface area contributed by atoms with E-state index >= 15 is 0 Å². The minimum absolute atomic E-state index is 0.130. The topological polar surface area (TPSA) is 50.7 Å². The molecule has 0 aromatic heterocycles. The van der Waals surface area contributed by atoms with Gasteiger partial charge in [0.1, 0.15) is 11.6 Å². The number of anilines is 1. The largest absolute Gasteiger partial charge is 0.484 e. The lowest BCUT2D eigenvalue weighted by Crippen LogP contribution is -2.20. The number of nitrogens with zero attached hydrogens (tertiary/aromatic N) is 1. The molecule has 0 atom stereocenters. The maximum absolute atomic E-state index is 12.8. The predicted molar refractivity (Wildman–Crippen MR) is 101 cm³/mol. The van der Waals surface area contributed by atoms with Crippen molar-refractivity contribution >= 4 is 23.5 Å². The maximum atomic E-state index is 12.8. The Morgan fingerprint density at radius 1 is 0.962 bits per heavy atom. The number of benzene rings is 3. The fraction of sp³-hybridized carbons (Fsp3) is 0.0476. The summed E-state index contributed by atoms with van der Waals surface area (Å²) in [6, 6.07) is 22.5. The van der Waals surface area contributed by atoms with Crippen molar-refractivity contribution in [3.05, 3.63) is 90.2 Å². The van der Waals surface area contributed by atoms with Crippen LogP contribution in [0.15, 0.2) is 83.9 Å². The molecule has 0 aliphatic heterocycles. The third-order valence-corrected chi connectivity index (χ3v) is 3.50. The van der Waals surface area contributed by atoms with Gasteiger partial charge < -0.3 is 10.1 Å². The third-order valence-electron chi connectivity index (χ3n) is 3.50. The average molecular weight is 348 g/mol. The number of aliphatic imine (C=N–C) groups is 1. The predicted octanol–water partition coefficient (Wildman–Crippen LogP) is 4.59. The molecule has 3 rings (SSSR count). The number of carbonyl (C=O) groups excluding carboxylic acids is 1. The Bertz CT molecular complexity index is 876. The Morgan fingerprint density at radius 3 is 2.35 bits per heavy atom. The van der Waals surface area contributed by atoms with Crippen molar-refractivity contribution in [1.82, 2.24) is 0 Å². The zero-order valence-corrected chi connectivity index (χ0v) is 13.9. The first-order chi connectivity index (χ1) is 12.7. The summed E-state index contributed by atoms with van der Waals surface area (Å²) in [6.07, 6.45) is 1.76. The standard InChI is InChI=1S/C21H17FN2O2/c22-17-8-10-19(11-9-17)24-21(25)15-26-20-12-6-16(7-13-20)14-23-18-4-2-1-3-5-18/h1-14H,15H2,(H,24,25). The van der Waals surface area contributed by atoms with Crippen LogP contribution in [0.4, 0.5) is 15.8 Å². The van der Waals surface area contributed by atoms with E-state index in [1.54, 1.807) is 18.3 Å². The van der Waals surface area contributed by atoms with Gasteiger partial charge in [-0.2, -0.15) is 0 Å². The summed E-state index contributed by atoms with van der Waals surface area (Å²) in [7, 11) is 0. The number of ether oxygens (including phenoxy) is 1. The Labute approximate surface area is 151 Å². The molecule has 0 heterocycles. The highest BCUT2D eigenvalue weighted by Gasteiger charge is 2.04. The van der Waals surface area contributed by atoms with Crippen molar-refractivity contribution in [3.8, 4) is 5.75 Å². The summed E-state index contributed by atoms with van der Waals surface area (Å²) < 4.78 is 18.3. The quantitative estimate of drug-likeness (QED) is 0.662. The Hall–Kier alpha value is -3.47. The number of hydrogen-bond acceptors (Lipinski definition) is 3. The fourth-order valence-corrected chi connectivity index (χ4v) is 2.19. The second kappa shape index (κ2) is 8.58. The van der Waals surface area contributed by atoms with Crippen LogP contribution in [0.1, 0.15) is 5.56 Å². The Kier molecular flexibility index (Phi) is 5.72. The molecule has 0 saturated carbocycles. The monoisotopic (exact) mass is 348 g/mol. The molecule has 0 bridgehead atoms. The molecular weight excluding hydrogens is 331 g/mol. The van der Waals surface area contributed by atoms with Gasteiger partial charge in [-0.3, -0.25) is 9.79 Å². The van der Waals surface area contributed by atoms with Crippen LogP contribution >= 0.6 is 0 Å². The first kappa shape index (κ1) is 17.4. The van der Waals surface area contributed by atoms with Crippen molar-refractivity contribution in [1.29, 1.82) is 0 Å². The van der Waals surface area contributed by atoms with Crippen molar-refractivity contribution in [2.24, 2.45) is 4.99 Å². The van der Waals surface area contributed by atoms with Gasteiger partial charge in [-0.1, -0.05) is 18.2 Å². The molecule has 4 nitrogen and oxygen atoms in total. The zero-order valence-electron chi connectivity index (χ0n) is 13.9. The van der Waals surface area contributed by atoms with Crippen LogP contribution in [0.2, 0.25) is 0 Å². The molecule has 5 heteroatoms. The number of para-hydroxylation sites is 1. The van der Waals surface area contributed by atoms with Gasteiger partial charge in [0.2, 0.25) is 0 Å². The van der Waals surface area contributed by atoms with Gasteiger partial charge >= 0.3 is 0 Å². The van der Waals surface area contributed by atoms with Gasteiger partial charge in [-0.15, -0.1) is 0 Å². The van der Waals surface area contributed by atoms with Crippen LogP contribution in [-0.2, 0) is 4.79 Å². The molecule has 26 heavy (non-hydrogen) atoms. The van der Waals surface area contributed by atoms with Gasteiger partial charge in [0.15, 0.2) is 6.61 Å². The number of amides is 1. The molecule has 0 unspecified atom stereocenters. The molecule has 130 valence electrons. The van der Waals surface area contributed by atoms with Crippen LogP contribution in [0.25, 0.3) is 0 Å². The molecule has 0 aliphatic carbocycles. The highest BCUT2D eigenvalue weighted by molar-refractivity contribution is 5.91. The van der Waals surface area contributed by atoms with Gasteiger partial charge in [0.05, 0.1) is 5.69 Å². The number of hydrogen-bond donors (Lipinski definition) is 1. The van der Waals surface area contributed by atoms with Gasteiger partial charge in [0, 0.05) is 11.9 Å². The van der Waals surface area contributed by atoms with Crippen molar-refractivity contribution in [2.75, 3.05) is 11.9 Å². The molecule has 0 aliphatic rings. The normalized spacial score (nSPS) is 10.7. The molecule has 0 fully saturated rings. The Balaban J connectivity index is 1.50. The second-order valence-electron chi connectivity index (χ2n) is 5.51. The van der Waals surface area contributed by atoms with Crippen LogP contribution in [-0.4, -0.2) is 18.7 Å². The molecular formula is C21H17FN2O2. The SMILES string of the molecule is O=C(COc1ccc(C=Nc2ccccc2)cc1)Nc1ccc(F)cc1. The second-order valence-corrected chi connectivity index (χ2v) is 5.51. The summed E-state index contributed by atoms with van der Waals surface area (Å²) in [6.45, 7) is -0.130. The van der Waals surface area contributed by atoms with Crippen LogP contribution in [0.3, 0.4) is 0 Å². The van der Waals surface area contributed by atoms with Crippen molar-refractivity contribution in [3.63, 3.8) is 0 Å². The summed E-state index contributed by atoms with van der Waals surface area (Å²) in [5, 5.41) is 2.64. The van der Waals surface area contributed by atoms with Gasteiger partial charge in [-0.05, 0) is 66.2 Å². The maximum Gasteiger partial charge on any atom is 0.262 e. The van der Waals surface area contributed by atoms with E-state index in [0.717, 1.165) is 11.3 Å². The van der Waals surface area contributed by atoms with Gasteiger partial charge in [-0.25, -0.2) is 4.39 Å². The molecule has 3 aromatic carbocycles. The lowest BCUT2D eigenvalue weighted by atomic mass is 10.2. The van der Waals surface area contributed by atoms with E-state index in [0.29, 0.717) is 11.4 Å². The smallest absolute Gasteiger partial charge is 0.262 e. The summed E-state index contributed by atoms with van der Waals surface area (Å²) in [4.78, 5) is 16.2. The van der Waals surface area contributed by atoms with Crippen LogP contribution < -0.4 is 10.1 Å². The van der Waals surface area contributed by atoms with E-state index in [1.165, 1.54) is 24.3 Å². The summed E-state index contributed by atoms with van der Waals surface area (Å²) in [5.74, 6) is -0.0856. The molecule has 1 N–H and O–H groups in total. The van der Waals surface area contributed by atoms with Crippen molar-refractivity contribution < 1.29 is 13.9 Å². The zero-order chi connectivity index (χ0) is 18.2. The first-order valence-corrected chi connectivity index (χ1v) is 8.06. The van der Waals surface area contributed by atoms with Crippen LogP contribution in [0, 0.1) is 5.82 Å². The lowest BCUT2D eigenvalue weighted by molar-refractivity contribution is -0.118. The molecule has 0 radical (unpaired) electrons. The molecule has 1 amide bonds. The Morgan fingerprint density at radius 2 is 1.65 bits per heavy atom. The first-order valence-electron chi connectivity index (χ1n) is 8.06. The molecule has 0 spiro atoms. The highest BCUT2D eigenvalue weighted by Crippen LogP contribution is 2.14. The van der Waals surface area contributed by atoms with Gasteiger partial charge in [0.25, 0.3) is 5.91 Å². The van der Waals surface area contributed by atoms with E-state index in [-0.39, 0.29) is 18.3 Å². The lowest BCUT2D eigenvalue weighted by Gasteiger charge is -2.07. The van der Waals surface area contributed by atoms with Crippen LogP contribution in [0.5, 0.6) is 5.75 Å². The van der Waals surface area contributed by atoms with Crippen molar-refractivity contribution in [2.45, 2.75) is 0 Å². The molecule has 0 saturated heterocycles. The third kappa shape index (κ3) is 5.27. The number of rotatable bonds is 6. The number of halogens is 1. The van der Waals surface area contributed by atoms with E-state index in [2.05, 4.69) is 10.3 Å². The minimum atomic E-state index is -0.352. The van der Waals surface area contributed by atoms with E-state index in [1.807, 2.05) is 42.5 Å². The highest BCUT2D eigenvalue weighted by atomic mass is 19.1. The average Bonchev–Trinajstić information content (AvgIpc) is 2.68. The van der Waals surface area contributed by atoms with E-state index < -0.39 is 0 Å².